The lowest BCUT2D eigenvalue weighted by Gasteiger charge is -2.41. The van der Waals surface area contributed by atoms with Crippen molar-refractivity contribution < 1.29 is 24.6 Å². The number of amides is 3. The van der Waals surface area contributed by atoms with Crippen molar-refractivity contribution in [2.75, 3.05) is 17.6 Å². The van der Waals surface area contributed by atoms with Crippen LogP contribution >= 0.6 is 11.8 Å². The zero-order valence-corrected chi connectivity index (χ0v) is 25.5. The van der Waals surface area contributed by atoms with Gasteiger partial charge in [-0.25, -0.2) is 9.59 Å². The van der Waals surface area contributed by atoms with E-state index in [0.717, 1.165) is 42.7 Å². The second kappa shape index (κ2) is 15.3. The molecule has 2 aromatic carbocycles. The Morgan fingerprint density at radius 3 is 2.20 bits per heavy atom. The van der Waals surface area contributed by atoms with Crippen molar-refractivity contribution in [3.8, 4) is 0 Å². The van der Waals surface area contributed by atoms with Crippen LogP contribution in [-0.4, -0.2) is 57.5 Å². The molecule has 224 valence electrons. The van der Waals surface area contributed by atoms with Crippen LogP contribution in [0.15, 0.2) is 53.4 Å². The van der Waals surface area contributed by atoms with Crippen LogP contribution in [0.1, 0.15) is 82.1 Å². The predicted octanol–water partition coefficient (Wildman–Crippen LogP) is 6.39. The predicted molar refractivity (Wildman–Crippen MR) is 164 cm³/mol. The number of nitrogens with one attached hydrogen (secondary N) is 2. The number of nitrogens with zero attached hydrogens (tertiary/aromatic N) is 1. The third-order valence-corrected chi connectivity index (χ3v) is 8.90. The van der Waals surface area contributed by atoms with Crippen LogP contribution in [0.4, 0.5) is 10.5 Å². The van der Waals surface area contributed by atoms with Gasteiger partial charge in [0.2, 0.25) is 0 Å². The molecule has 4 N–H and O–H groups in total. The standard InChI is InChI=1S/C32H45N3O5S/c1-5-6-19-41-27-17-13-25(14-18-27)34-31(40)35(26-15-11-24(12-16-26)32(2,3)4)21-22-7-9-23(10-8-22)29(37)33-20-28(36)30(38)39/h7-10,13-14,17-18,24,26,28,36H,5-6,11-12,15-16,19-21H2,1-4H3,(H,33,37)(H,34,40)(H,38,39)/t24?,26?,28-/m1/s1. The monoisotopic (exact) mass is 583 g/mol. The Morgan fingerprint density at radius 1 is 1.00 bits per heavy atom. The molecule has 1 atom stereocenters. The average molecular weight is 584 g/mol. The molecule has 3 rings (SSSR count). The summed E-state index contributed by atoms with van der Waals surface area (Å²) in [5, 5.41) is 23.7. The van der Waals surface area contributed by atoms with E-state index < -0.39 is 18.0 Å². The molecule has 9 heteroatoms. The van der Waals surface area contributed by atoms with E-state index in [1.807, 2.05) is 53.1 Å². The van der Waals surface area contributed by atoms with Gasteiger partial charge in [0.25, 0.3) is 5.91 Å². The van der Waals surface area contributed by atoms with Gasteiger partial charge in [0.15, 0.2) is 6.10 Å². The van der Waals surface area contributed by atoms with Crippen molar-refractivity contribution >= 4 is 35.4 Å². The van der Waals surface area contributed by atoms with Crippen LogP contribution in [0.3, 0.4) is 0 Å². The summed E-state index contributed by atoms with van der Waals surface area (Å²) in [6, 6.07) is 14.9. The quantitative estimate of drug-likeness (QED) is 0.170. The van der Waals surface area contributed by atoms with Crippen LogP contribution in [0, 0.1) is 11.3 Å². The third-order valence-electron chi connectivity index (χ3n) is 7.81. The smallest absolute Gasteiger partial charge is 0.334 e. The topological polar surface area (TPSA) is 119 Å². The summed E-state index contributed by atoms with van der Waals surface area (Å²) < 4.78 is 0. The molecule has 1 aliphatic carbocycles. The Balaban J connectivity index is 1.70. The van der Waals surface area contributed by atoms with Crippen molar-refractivity contribution in [1.82, 2.24) is 10.2 Å². The highest BCUT2D eigenvalue weighted by atomic mass is 32.2. The summed E-state index contributed by atoms with van der Waals surface area (Å²) >= 11 is 1.82. The van der Waals surface area contributed by atoms with Gasteiger partial charge in [0.05, 0.1) is 6.54 Å². The average Bonchev–Trinajstić information content (AvgIpc) is 2.95. The molecule has 0 aromatic heterocycles. The first-order chi connectivity index (χ1) is 19.5. The number of aliphatic hydroxyl groups is 1. The largest absolute Gasteiger partial charge is 0.479 e. The molecule has 0 spiro atoms. The lowest BCUT2D eigenvalue weighted by atomic mass is 9.71. The number of carboxylic acid groups (broad SMARTS) is 1. The number of aliphatic hydroxyl groups excluding tert-OH is 1. The van der Waals surface area contributed by atoms with Crippen molar-refractivity contribution in [3.63, 3.8) is 0 Å². The number of hydrogen-bond donors (Lipinski definition) is 4. The summed E-state index contributed by atoms with van der Waals surface area (Å²) in [6.45, 7) is 9.07. The van der Waals surface area contributed by atoms with Gasteiger partial charge in [-0.3, -0.25) is 4.79 Å². The Morgan fingerprint density at radius 2 is 1.63 bits per heavy atom. The Kier molecular flexibility index (Phi) is 12.1. The summed E-state index contributed by atoms with van der Waals surface area (Å²) in [6.07, 6.45) is 4.71. The number of thioether (sulfide) groups is 1. The van der Waals surface area contributed by atoms with E-state index in [2.05, 4.69) is 38.3 Å². The first-order valence-electron chi connectivity index (χ1n) is 14.6. The third kappa shape index (κ3) is 10.1. The Labute approximate surface area is 248 Å². The molecule has 0 heterocycles. The maximum absolute atomic E-state index is 13.6. The van der Waals surface area contributed by atoms with E-state index in [1.165, 1.54) is 17.7 Å². The van der Waals surface area contributed by atoms with E-state index in [9.17, 15) is 19.5 Å². The summed E-state index contributed by atoms with van der Waals surface area (Å²) in [5.74, 6) is -0.155. The Bertz CT molecular complexity index is 1140. The summed E-state index contributed by atoms with van der Waals surface area (Å²) in [7, 11) is 0. The second-order valence-electron chi connectivity index (χ2n) is 11.9. The number of unbranched alkanes of at least 4 members (excludes halogenated alkanes) is 1. The minimum atomic E-state index is -1.66. The molecule has 8 nitrogen and oxygen atoms in total. The number of hydrogen-bond acceptors (Lipinski definition) is 5. The van der Waals surface area contributed by atoms with Gasteiger partial charge >= 0.3 is 12.0 Å². The van der Waals surface area contributed by atoms with Crippen molar-refractivity contribution in [2.45, 2.75) is 89.8 Å². The molecule has 3 amide bonds. The van der Waals surface area contributed by atoms with Gasteiger partial charge in [0, 0.05) is 28.7 Å². The first-order valence-corrected chi connectivity index (χ1v) is 15.5. The zero-order chi connectivity index (χ0) is 30.0. The molecule has 0 unspecified atom stereocenters. The summed E-state index contributed by atoms with van der Waals surface area (Å²) in [4.78, 5) is 39.9. The van der Waals surface area contributed by atoms with Gasteiger partial charge < -0.3 is 25.7 Å². The fourth-order valence-corrected chi connectivity index (χ4v) is 6.12. The Hall–Kier alpha value is -3.04. The van der Waals surface area contributed by atoms with Crippen LogP contribution in [0.2, 0.25) is 0 Å². The normalized spacial score (nSPS) is 17.9. The van der Waals surface area contributed by atoms with Crippen LogP contribution in [-0.2, 0) is 11.3 Å². The number of urea groups is 1. The summed E-state index contributed by atoms with van der Waals surface area (Å²) in [5.41, 5.74) is 2.25. The van der Waals surface area contributed by atoms with E-state index in [4.69, 9.17) is 5.11 Å². The molecule has 0 aliphatic heterocycles. The molecule has 41 heavy (non-hydrogen) atoms. The maximum Gasteiger partial charge on any atom is 0.334 e. The lowest BCUT2D eigenvalue weighted by Crippen LogP contribution is -2.45. The minimum Gasteiger partial charge on any atom is -0.479 e. The van der Waals surface area contributed by atoms with E-state index >= 15 is 0 Å². The van der Waals surface area contributed by atoms with Gasteiger partial charge in [0.1, 0.15) is 0 Å². The molecule has 2 aromatic rings. The molecule has 0 bridgehead atoms. The number of aliphatic carboxylic acids is 1. The van der Waals surface area contributed by atoms with Crippen LogP contribution < -0.4 is 10.6 Å². The van der Waals surface area contributed by atoms with Crippen LogP contribution in [0.5, 0.6) is 0 Å². The fraction of sp³-hybridized carbons (Fsp3) is 0.531. The number of anilines is 1. The van der Waals surface area contributed by atoms with Gasteiger partial charge in [-0.1, -0.05) is 46.2 Å². The maximum atomic E-state index is 13.6. The van der Waals surface area contributed by atoms with Gasteiger partial charge in [-0.05, 0) is 91.2 Å². The number of benzene rings is 2. The second-order valence-corrected chi connectivity index (χ2v) is 13.1. The minimum absolute atomic E-state index is 0.109. The highest BCUT2D eigenvalue weighted by molar-refractivity contribution is 7.99. The van der Waals surface area contributed by atoms with E-state index in [-0.39, 0.29) is 24.0 Å². The van der Waals surface area contributed by atoms with Crippen molar-refractivity contribution in [1.29, 1.82) is 0 Å². The van der Waals surface area contributed by atoms with Crippen molar-refractivity contribution in [3.05, 3.63) is 59.7 Å². The van der Waals surface area contributed by atoms with Crippen molar-refractivity contribution in [2.24, 2.45) is 11.3 Å². The van der Waals surface area contributed by atoms with Gasteiger partial charge in [-0.2, -0.15) is 0 Å². The van der Waals surface area contributed by atoms with Gasteiger partial charge in [-0.15, -0.1) is 11.8 Å². The zero-order valence-electron chi connectivity index (χ0n) is 24.7. The molecular formula is C32H45N3O5S. The molecule has 0 saturated heterocycles. The lowest BCUT2D eigenvalue weighted by molar-refractivity contribution is -0.146. The number of carboxylic acids is 1. The number of carbonyl (C=O) groups is 3. The number of carbonyl (C=O) groups excluding carboxylic acids is 2. The van der Waals surface area contributed by atoms with Crippen LogP contribution in [0.25, 0.3) is 0 Å². The number of rotatable bonds is 12. The molecule has 1 saturated carbocycles. The van der Waals surface area contributed by atoms with E-state index in [0.29, 0.717) is 18.0 Å². The molecular weight excluding hydrogens is 538 g/mol. The first kappa shape index (κ1) is 32.5. The molecule has 1 aliphatic rings. The highest BCUT2D eigenvalue weighted by Gasteiger charge is 2.33. The molecule has 1 fully saturated rings. The highest BCUT2D eigenvalue weighted by Crippen LogP contribution is 2.39. The van der Waals surface area contributed by atoms with E-state index in [1.54, 1.807) is 12.1 Å². The fourth-order valence-electron chi connectivity index (χ4n) is 5.12. The molecule has 0 radical (unpaired) electrons. The SMILES string of the molecule is CCCCSc1ccc(NC(=O)N(Cc2ccc(C(=O)NC[C@@H](O)C(=O)O)cc2)C2CCC(C(C)(C)C)CC2)cc1.